The molecule has 0 unspecified atom stereocenters. The van der Waals surface area contributed by atoms with Crippen LogP contribution < -0.4 is 20.1 Å². The van der Waals surface area contributed by atoms with Crippen LogP contribution >= 0.6 is 23.4 Å². The molecule has 0 saturated carbocycles. The molecular weight excluding hydrogens is 402 g/mol. The number of halogens is 1. The predicted molar refractivity (Wildman–Crippen MR) is 111 cm³/mol. The molecule has 0 aliphatic carbocycles. The number of carbonyl (C=O) groups excluding carboxylic acids is 2. The van der Waals surface area contributed by atoms with Gasteiger partial charge in [-0.25, -0.2) is 4.99 Å². The molecule has 3 rings (SSSR count). The van der Waals surface area contributed by atoms with Crippen molar-refractivity contribution in [3.63, 3.8) is 0 Å². The van der Waals surface area contributed by atoms with Crippen LogP contribution in [0.1, 0.15) is 6.42 Å². The number of hydrogen-bond donors (Lipinski definition) is 2. The number of amidine groups is 1. The molecule has 1 fully saturated rings. The minimum Gasteiger partial charge on any atom is -0.497 e. The van der Waals surface area contributed by atoms with E-state index < -0.39 is 5.25 Å². The van der Waals surface area contributed by atoms with Crippen LogP contribution in [0.25, 0.3) is 0 Å². The highest BCUT2D eigenvalue weighted by atomic mass is 35.5. The molecule has 9 heteroatoms. The van der Waals surface area contributed by atoms with Crippen molar-refractivity contribution >= 4 is 51.7 Å². The number of aliphatic imine (C=N–C) groups is 1. The Morgan fingerprint density at radius 2 is 2.04 bits per heavy atom. The average molecular weight is 420 g/mol. The number of amides is 2. The lowest BCUT2D eigenvalue weighted by atomic mass is 10.2. The summed E-state index contributed by atoms with van der Waals surface area (Å²) >= 11 is 7.28. The van der Waals surface area contributed by atoms with Gasteiger partial charge in [0.05, 0.1) is 30.6 Å². The van der Waals surface area contributed by atoms with Crippen LogP contribution in [0.5, 0.6) is 11.5 Å². The van der Waals surface area contributed by atoms with Gasteiger partial charge in [0.25, 0.3) is 0 Å². The fraction of sp³-hybridized carbons (Fsp3) is 0.211. The lowest BCUT2D eigenvalue weighted by Crippen LogP contribution is -2.28. The largest absolute Gasteiger partial charge is 0.497 e. The van der Waals surface area contributed by atoms with Gasteiger partial charge in [-0.2, -0.15) is 0 Å². The van der Waals surface area contributed by atoms with E-state index in [0.717, 1.165) is 0 Å². The summed E-state index contributed by atoms with van der Waals surface area (Å²) in [5.41, 5.74) is 1.06. The van der Waals surface area contributed by atoms with Crippen LogP contribution in [0.15, 0.2) is 47.5 Å². The molecule has 1 aliphatic heterocycles. The third kappa shape index (κ3) is 4.76. The molecule has 7 nitrogen and oxygen atoms in total. The Kier molecular flexibility index (Phi) is 6.43. The van der Waals surface area contributed by atoms with Gasteiger partial charge in [0.1, 0.15) is 16.7 Å². The van der Waals surface area contributed by atoms with Crippen LogP contribution in [0, 0.1) is 0 Å². The van der Waals surface area contributed by atoms with E-state index >= 15 is 0 Å². The predicted octanol–water partition coefficient (Wildman–Crippen LogP) is 3.61. The van der Waals surface area contributed by atoms with Crippen LogP contribution in [0.2, 0.25) is 5.02 Å². The molecule has 2 amide bonds. The number of rotatable bonds is 6. The van der Waals surface area contributed by atoms with Crippen molar-refractivity contribution in [2.45, 2.75) is 11.7 Å². The van der Waals surface area contributed by atoms with Gasteiger partial charge in [0, 0.05) is 12.5 Å². The molecule has 28 heavy (non-hydrogen) atoms. The van der Waals surface area contributed by atoms with Crippen LogP contribution in [-0.2, 0) is 9.59 Å². The Hall–Kier alpha value is -2.71. The van der Waals surface area contributed by atoms with Gasteiger partial charge in [-0.15, -0.1) is 0 Å². The van der Waals surface area contributed by atoms with Gasteiger partial charge in [0.2, 0.25) is 11.8 Å². The van der Waals surface area contributed by atoms with Crippen molar-refractivity contribution in [3.8, 4) is 11.5 Å². The first-order valence-electron chi connectivity index (χ1n) is 8.32. The molecule has 2 aromatic carbocycles. The maximum atomic E-state index is 12.4. The number of nitrogens with zero attached hydrogens (tertiary/aromatic N) is 1. The molecule has 2 N–H and O–H groups in total. The molecule has 1 atom stereocenters. The van der Waals surface area contributed by atoms with Crippen LogP contribution in [0.3, 0.4) is 0 Å². The molecule has 0 aromatic heterocycles. The second kappa shape index (κ2) is 8.99. The van der Waals surface area contributed by atoms with E-state index in [1.165, 1.54) is 18.9 Å². The zero-order chi connectivity index (χ0) is 20.1. The number of anilines is 1. The Bertz CT molecular complexity index is 935. The Balaban J connectivity index is 1.65. The van der Waals surface area contributed by atoms with Gasteiger partial charge in [-0.1, -0.05) is 35.5 Å². The summed E-state index contributed by atoms with van der Waals surface area (Å²) in [6.45, 7) is 0. The number of nitrogens with one attached hydrogen (secondary N) is 2. The lowest BCUT2D eigenvalue weighted by Gasteiger charge is -2.12. The molecule has 146 valence electrons. The summed E-state index contributed by atoms with van der Waals surface area (Å²) in [6, 6.07) is 12.1. The summed E-state index contributed by atoms with van der Waals surface area (Å²) < 4.78 is 10.4. The number of hydrogen-bond acceptors (Lipinski definition) is 6. The maximum absolute atomic E-state index is 12.4. The second-order valence-corrected chi connectivity index (χ2v) is 7.38. The second-order valence-electron chi connectivity index (χ2n) is 5.78. The third-order valence-electron chi connectivity index (χ3n) is 3.90. The van der Waals surface area contributed by atoms with Gasteiger partial charge in [-0.05, 0) is 24.3 Å². The van der Waals surface area contributed by atoms with E-state index in [1.54, 1.807) is 49.6 Å². The summed E-state index contributed by atoms with van der Waals surface area (Å²) in [6.07, 6.45) is -0.00672. The van der Waals surface area contributed by atoms with Crippen molar-refractivity contribution in [1.82, 2.24) is 5.32 Å². The minimum atomic E-state index is -0.578. The zero-order valence-corrected chi connectivity index (χ0v) is 16.8. The SMILES string of the molecule is COc1ccc(NC(=O)C[C@H]2SC(=Nc3ccccc3Cl)NC2=O)c(OC)c1. The topological polar surface area (TPSA) is 89.0 Å². The van der Waals surface area contributed by atoms with Crippen LogP contribution in [0.4, 0.5) is 11.4 Å². The zero-order valence-electron chi connectivity index (χ0n) is 15.2. The van der Waals surface area contributed by atoms with Crippen LogP contribution in [-0.4, -0.2) is 36.5 Å². The highest BCUT2D eigenvalue weighted by molar-refractivity contribution is 8.15. The first-order valence-corrected chi connectivity index (χ1v) is 9.58. The molecule has 0 spiro atoms. The summed E-state index contributed by atoms with van der Waals surface area (Å²) in [7, 11) is 3.05. The van der Waals surface area contributed by atoms with E-state index in [9.17, 15) is 9.59 Å². The highest BCUT2D eigenvalue weighted by Crippen LogP contribution is 2.31. The summed E-state index contributed by atoms with van der Waals surface area (Å²) in [5, 5.41) is 5.76. The number of para-hydroxylation sites is 1. The minimum absolute atomic E-state index is 0.00672. The number of thioether (sulfide) groups is 1. The number of benzene rings is 2. The van der Waals surface area contributed by atoms with E-state index in [2.05, 4.69) is 15.6 Å². The summed E-state index contributed by atoms with van der Waals surface area (Å²) in [4.78, 5) is 28.9. The standard InChI is InChI=1S/C19H18ClN3O4S/c1-26-11-7-8-14(15(9-11)27-2)21-17(24)10-16-18(25)23-19(28-16)22-13-6-4-3-5-12(13)20/h3-9,16H,10H2,1-2H3,(H,21,24)(H,22,23,25)/t16-/m1/s1. The fourth-order valence-electron chi connectivity index (χ4n) is 2.52. The molecule has 2 aromatic rings. The van der Waals surface area contributed by atoms with Crippen molar-refractivity contribution in [2.24, 2.45) is 4.99 Å². The molecule has 1 heterocycles. The van der Waals surface area contributed by atoms with Crippen molar-refractivity contribution in [2.75, 3.05) is 19.5 Å². The van der Waals surface area contributed by atoms with E-state index in [1.807, 2.05) is 0 Å². The Morgan fingerprint density at radius 1 is 1.25 bits per heavy atom. The normalized spacial score (nSPS) is 17.3. The van der Waals surface area contributed by atoms with Gasteiger partial charge in [0.15, 0.2) is 5.17 Å². The van der Waals surface area contributed by atoms with Gasteiger partial charge < -0.3 is 20.1 Å². The highest BCUT2D eigenvalue weighted by Gasteiger charge is 2.32. The van der Waals surface area contributed by atoms with Crippen molar-refractivity contribution in [3.05, 3.63) is 47.5 Å². The lowest BCUT2D eigenvalue weighted by molar-refractivity contribution is -0.122. The molecule has 0 radical (unpaired) electrons. The maximum Gasteiger partial charge on any atom is 0.240 e. The van der Waals surface area contributed by atoms with Gasteiger partial charge >= 0.3 is 0 Å². The number of carbonyl (C=O) groups is 2. The number of methoxy groups -OCH3 is 2. The molecule has 0 bridgehead atoms. The molecule has 1 aliphatic rings. The van der Waals surface area contributed by atoms with E-state index in [0.29, 0.717) is 33.1 Å². The quantitative estimate of drug-likeness (QED) is 0.746. The van der Waals surface area contributed by atoms with Crippen molar-refractivity contribution in [1.29, 1.82) is 0 Å². The van der Waals surface area contributed by atoms with E-state index in [4.69, 9.17) is 21.1 Å². The summed E-state index contributed by atoms with van der Waals surface area (Å²) in [5.74, 6) is 0.501. The smallest absolute Gasteiger partial charge is 0.240 e. The first kappa shape index (κ1) is 20.0. The van der Waals surface area contributed by atoms with Crippen molar-refractivity contribution < 1.29 is 19.1 Å². The molecule has 1 saturated heterocycles. The third-order valence-corrected chi connectivity index (χ3v) is 5.31. The number of ether oxygens (including phenoxy) is 2. The first-order chi connectivity index (χ1) is 13.5. The van der Waals surface area contributed by atoms with E-state index in [-0.39, 0.29) is 18.2 Å². The average Bonchev–Trinajstić information content (AvgIpc) is 3.02. The monoisotopic (exact) mass is 419 g/mol. The van der Waals surface area contributed by atoms with Gasteiger partial charge in [-0.3, -0.25) is 9.59 Å². The Morgan fingerprint density at radius 3 is 2.75 bits per heavy atom. The fourth-order valence-corrected chi connectivity index (χ4v) is 3.67. The molecular formula is C19H18ClN3O4S. The Labute approximate surface area is 171 Å².